The standard InChI is InChI=1S/C18H24O2/c1-2-20-18(19)17-11-9-15-12-14(8-10-16(15)17)13-6-4-3-5-7-13/h8,10,12-13,17H,2-7,9,11H2,1H3/t17-/m0/s1. The molecule has 0 aliphatic heterocycles. The molecule has 0 spiro atoms. The lowest BCUT2D eigenvalue weighted by molar-refractivity contribution is -0.144. The number of ether oxygens (including phenoxy) is 1. The summed E-state index contributed by atoms with van der Waals surface area (Å²) in [5, 5.41) is 0. The maximum Gasteiger partial charge on any atom is 0.313 e. The molecule has 0 amide bonds. The van der Waals surface area contributed by atoms with E-state index in [0.717, 1.165) is 18.8 Å². The molecule has 0 radical (unpaired) electrons. The van der Waals surface area contributed by atoms with Crippen LogP contribution in [-0.2, 0) is 16.0 Å². The SMILES string of the molecule is CCOC(=O)[C@H]1CCc2cc(C3CCCCC3)ccc21. The van der Waals surface area contributed by atoms with Crippen LogP contribution in [0.2, 0.25) is 0 Å². The Balaban J connectivity index is 1.79. The lowest BCUT2D eigenvalue weighted by Gasteiger charge is -2.22. The first-order valence-electron chi connectivity index (χ1n) is 8.09. The highest BCUT2D eigenvalue weighted by Crippen LogP contribution is 2.38. The molecule has 1 fully saturated rings. The van der Waals surface area contributed by atoms with E-state index in [9.17, 15) is 4.79 Å². The number of fused-ring (bicyclic) bond motifs is 1. The van der Waals surface area contributed by atoms with Crippen LogP contribution < -0.4 is 0 Å². The molecule has 0 N–H and O–H groups in total. The first-order chi connectivity index (χ1) is 9.79. The van der Waals surface area contributed by atoms with E-state index < -0.39 is 0 Å². The number of aryl methyl sites for hydroxylation is 1. The summed E-state index contributed by atoms with van der Waals surface area (Å²) in [5.74, 6) is 0.678. The summed E-state index contributed by atoms with van der Waals surface area (Å²) < 4.78 is 5.19. The molecule has 2 nitrogen and oxygen atoms in total. The van der Waals surface area contributed by atoms with Gasteiger partial charge in [-0.3, -0.25) is 4.79 Å². The highest BCUT2D eigenvalue weighted by molar-refractivity contribution is 5.79. The Labute approximate surface area is 121 Å². The van der Waals surface area contributed by atoms with Crippen LogP contribution in [0.15, 0.2) is 18.2 Å². The van der Waals surface area contributed by atoms with E-state index in [1.165, 1.54) is 48.8 Å². The van der Waals surface area contributed by atoms with Crippen molar-refractivity contribution in [2.24, 2.45) is 0 Å². The molecule has 2 aliphatic carbocycles. The van der Waals surface area contributed by atoms with Gasteiger partial charge in [-0.1, -0.05) is 37.5 Å². The van der Waals surface area contributed by atoms with Gasteiger partial charge in [0.25, 0.3) is 0 Å². The monoisotopic (exact) mass is 272 g/mol. The van der Waals surface area contributed by atoms with E-state index >= 15 is 0 Å². The minimum atomic E-state index is -0.0448. The second kappa shape index (κ2) is 5.99. The van der Waals surface area contributed by atoms with Crippen LogP contribution in [0.1, 0.15) is 74.0 Å². The number of carbonyl (C=O) groups excluding carboxylic acids is 1. The number of hydrogen-bond donors (Lipinski definition) is 0. The molecular formula is C18H24O2. The molecule has 2 heteroatoms. The lowest BCUT2D eigenvalue weighted by atomic mass is 9.83. The normalized spacial score (nSPS) is 22.6. The fraction of sp³-hybridized carbons (Fsp3) is 0.611. The first-order valence-corrected chi connectivity index (χ1v) is 8.09. The van der Waals surface area contributed by atoms with Crippen LogP contribution in [-0.4, -0.2) is 12.6 Å². The van der Waals surface area contributed by atoms with Crippen molar-refractivity contribution >= 4 is 5.97 Å². The topological polar surface area (TPSA) is 26.3 Å². The number of carbonyl (C=O) groups is 1. The third-order valence-electron chi connectivity index (χ3n) is 4.89. The molecule has 2 aliphatic rings. The van der Waals surface area contributed by atoms with Gasteiger partial charge in [0.2, 0.25) is 0 Å². The van der Waals surface area contributed by atoms with Crippen LogP contribution in [0.4, 0.5) is 0 Å². The molecule has 108 valence electrons. The average Bonchev–Trinajstić information content (AvgIpc) is 2.91. The Bertz CT molecular complexity index is 486. The van der Waals surface area contributed by atoms with Crippen molar-refractivity contribution in [3.8, 4) is 0 Å². The largest absolute Gasteiger partial charge is 0.466 e. The van der Waals surface area contributed by atoms with Crippen LogP contribution in [0, 0.1) is 0 Å². The van der Waals surface area contributed by atoms with Gasteiger partial charge in [0.1, 0.15) is 0 Å². The fourth-order valence-corrected chi connectivity index (χ4v) is 3.81. The van der Waals surface area contributed by atoms with E-state index in [2.05, 4.69) is 18.2 Å². The molecule has 0 bridgehead atoms. The Kier molecular flexibility index (Phi) is 4.09. The minimum absolute atomic E-state index is 0.0228. The number of hydrogen-bond acceptors (Lipinski definition) is 2. The van der Waals surface area contributed by atoms with Gasteiger partial charge in [-0.15, -0.1) is 0 Å². The van der Waals surface area contributed by atoms with E-state index in [1.807, 2.05) is 6.92 Å². The molecule has 0 heterocycles. The number of rotatable bonds is 3. The zero-order chi connectivity index (χ0) is 13.9. The summed E-state index contributed by atoms with van der Waals surface area (Å²) in [6, 6.07) is 6.81. The summed E-state index contributed by atoms with van der Waals surface area (Å²) in [7, 11) is 0. The summed E-state index contributed by atoms with van der Waals surface area (Å²) in [6.45, 7) is 2.35. The van der Waals surface area contributed by atoms with Crippen molar-refractivity contribution in [3.63, 3.8) is 0 Å². The Morgan fingerprint density at radius 3 is 2.75 bits per heavy atom. The molecule has 1 saturated carbocycles. The summed E-state index contributed by atoms with van der Waals surface area (Å²) in [6.07, 6.45) is 8.74. The molecule has 1 aromatic rings. The van der Waals surface area contributed by atoms with Crippen LogP contribution in [0.25, 0.3) is 0 Å². The lowest BCUT2D eigenvalue weighted by Crippen LogP contribution is -2.13. The predicted molar refractivity (Wildman–Crippen MR) is 80.0 cm³/mol. The highest BCUT2D eigenvalue weighted by atomic mass is 16.5. The van der Waals surface area contributed by atoms with Gasteiger partial charge in [-0.05, 0) is 55.2 Å². The molecule has 0 aromatic heterocycles. The van der Waals surface area contributed by atoms with Crippen molar-refractivity contribution in [1.82, 2.24) is 0 Å². The van der Waals surface area contributed by atoms with Crippen molar-refractivity contribution in [2.45, 2.75) is 63.7 Å². The summed E-state index contributed by atoms with van der Waals surface area (Å²) in [5.41, 5.74) is 4.09. The third kappa shape index (κ3) is 2.61. The van der Waals surface area contributed by atoms with Crippen molar-refractivity contribution < 1.29 is 9.53 Å². The van der Waals surface area contributed by atoms with Gasteiger partial charge in [0, 0.05) is 0 Å². The van der Waals surface area contributed by atoms with E-state index in [-0.39, 0.29) is 11.9 Å². The van der Waals surface area contributed by atoms with Gasteiger partial charge in [-0.2, -0.15) is 0 Å². The molecule has 20 heavy (non-hydrogen) atoms. The molecule has 0 unspecified atom stereocenters. The zero-order valence-corrected chi connectivity index (χ0v) is 12.4. The van der Waals surface area contributed by atoms with Crippen LogP contribution in [0.5, 0.6) is 0 Å². The quantitative estimate of drug-likeness (QED) is 0.766. The van der Waals surface area contributed by atoms with Crippen molar-refractivity contribution in [2.75, 3.05) is 6.61 Å². The summed E-state index contributed by atoms with van der Waals surface area (Å²) in [4.78, 5) is 12.0. The first kappa shape index (κ1) is 13.7. The van der Waals surface area contributed by atoms with Gasteiger partial charge >= 0.3 is 5.97 Å². The minimum Gasteiger partial charge on any atom is -0.466 e. The Hall–Kier alpha value is -1.31. The van der Waals surface area contributed by atoms with Gasteiger partial charge in [0.05, 0.1) is 12.5 Å². The van der Waals surface area contributed by atoms with Crippen molar-refractivity contribution in [3.05, 3.63) is 34.9 Å². The van der Waals surface area contributed by atoms with Crippen LogP contribution >= 0.6 is 0 Å². The molecule has 1 aromatic carbocycles. The molecular weight excluding hydrogens is 248 g/mol. The van der Waals surface area contributed by atoms with E-state index in [1.54, 1.807) is 0 Å². The zero-order valence-electron chi connectivity index (χ0n) is 12.4. The Morgan fingerprint density at radius 2 is 2.00 bits per heavy atom. The second-order valence-electron chi connectivity index (χ2n) is 6.14. The smallest absolute Gasteiger partial charge is 0.313 e. The molecule has 0 saturated heterocycles. The highest BCUT2D eigenvalue weighted by Gasteiger charge is 2.30. The fourth-order valence-electron chi connectivity index (χ4n) is 3.81. The average molecular weight is 272 g/mol. The predicted octanol–water partition coefficient (Wildman–Crippen LogP) is 4.33. The van der Waals surface area contributed by atoms with E-state index in [0.29, 0.717) is 6.61 Å². The number of esters is 1. The maximum absolute atomic E-state index is 12.0. The molecule has 1 atom stereocenters. The van der Waals surface area contributed by atoms with Crippen LogP contribution in [0.3, 0.4) is 0 Å². The number of benzene rings is 1. The molecule has 3 rings (SSSR count). The summed E-state index contributed by atoms with van der Waals surface area (Å²) >= 11 is 0. The Morgan fingerprint density at radius 1 is 1.20 bits per heavy atom. The van der Waals surface area contributed by atoms with Gasteiger partial charge < -0.3 is 4.74 Å². The van der Waals surface area contributed by atoms with E-state index in [4.69, 9.17) is 4.74 Å². The van der Waals surface area contributed by atoms with Gasteiger partial charge in [-0.25, -0.2) is 0 Å². The third-order valence-corrected chi connectivity index (χ3v) is 4.89. The van der Waals surface area contributed by atoms with Crippen molar-refractivity contribution in [1.29, 1.82) is 0 Å². The van der Waals surface area contributed by atoms with Gasteiger partial charge in [0.15, 0.2) is 0 Å². The second-order valence-corrected chi connectivity index (χ2v) is 6.14. The maximum atomic E-state index is 12.0.